The van der Waals surface area contributed by atoms with E-state index in [2.05, 4.69) is 4.40 Å². The average Bonchev–Trinajstić information content (AvgIpc) is 2.80. The van der Waals surface area contributed by atoms with Crippen LogP contribution in [0.15, 0.2) is 57.4 Å². The van der Waals surface area contributed by atoms with Crippen molar-refractivity contribution in [2.75, 3.05) is 0 Å². The maximum atomic E-state index is 11.9. The second-order valence-electron chi connectivity index (χ2n) is 3.90. The van der Waals surface area contributed by atoms with Gasteiger partial charge < -0.3 is 0 Å². The number of hydrogen-bond acceptors (Lipinski definition) is 2. The third-order valence-corrected chi connectivity index (χ3v) is 3.73. The minimum Gasteiger partial charge on any atom is -0.199 e. The van der Waals surface area contributed by atoms with Gasteiger partial charge in [-0.15, -0.1) is 0 Å². The summed E-state index contributed by atoms with van der Waals surface area (Å²) in [6.45, 7) is 1.91. The molecule has 1 aromatic rings. The van der Waals surface area contributed by atoms with Crippen molar-refractivity contribution in [1.82, 2.24) is 0 Å². The maximum Gasteiger partial charge on any atom is 0.282 e. The lowest BCUT2D eigenvalue weighted by molar-refractivity contribution is 0.598. The highest BCUT2D eigenvalue weighted by Gasteiger charge is 2.11. The molecule has 0 bridgehead atoms. The third kappa shape index (κ3) is 2.91. The standard InChI is InChI=1S/C13H13NO2S/c1-11-6-8-13(9-7-11)17(15,16)14-10-12-4-2-3-5-12/h2-4,6-10H,5H2,1H3/b14-10+. The van der Waals surface area contributed by atoms with E-state index in [0.29, 0.717) is 0 Å². The number of benzene rings is 1. The van der Waals surface area contributed by atoms with Crippen molar-refractivity contribution in [2.45, 2.75) is 18.2 Å². The molecule has 0 aromatic heterocycles. The van der Waals surface area contributed by atoms with Crippen molar-refractivity contribution in [3.05, 3.63) is 53.6 Å². The molecule has 0 spiro atoms. The quantitative estimate of drug-likeness (QED) is 0.771. The minimum absolute atomic E-state index is 0.228. The Morgan fingerprint density at radius 3 is 2.53 bits per heavy atom. The van der Waals surface area contributed by atoms with Gasteiger partial charge in [0.2, 0.25) is 0 Å². The van der Waals surface area contributed by atoms with Crippen molar-refractivity contribution in [1.29, 1.82) is 0 Å². The molecular weight excluding hydrogens is 234 g/mol. The largest absolute Gasteiger partial charge is 0.282 e. The zero-order valence-electron chi connectivity index (χ0n) is 9.50. The first-order chi connectivity index (χ1) is 8.08. The fraction of sp³-hybridized carbons (Fsp3) is 0.154. The molecule has 0 saturated heterocycles. The number of sulfonamides is 1. The van der Waals surface area contributed by atoms with E-state index in [-0.39, 0.29) is 4.90 Å². The molecule has 2 rings (SSSR count). The summed E-state index contributed by atoms with van der Waals surface area (Å²) in [6, 6.07) is 6.67. The van der Waals surface area contributed by atoms with Crippen LogP contribution in [0.2, 0.25) is 0 Å². The number of hydrogen-bond donors (Lipinski definition) is 0. The van der Waals surface area contributed by atoms with Crippen molar-refractivity contribution in [3.63, 3.8) is 0 Å². The van der Waals surface area contributed by atoms with E-state index in [1.165, 1.54) is 6.21 Å². The molecule has 17 heavy (non-hydrogen) atoms. The number of allylic oxidation sites excluding steroid dienone is 4. The molecule has 0 atom stereocenters. The molecule has 0 fully saturated rings. The van der Waals surface area contributed by atoms with Crippen LogP contribution in [0.1, 0.15) is 12.0 Å². The number of aryl methyl sites for hydroxylation is 1. The van der Waals surface area contributed by atoms with E-state index in [4.69, 9.17) is 0 Å². The molecule has 4 heteroatoms. The Hall–Kier alpha value is -1.68. The summed E-state index contributed by atoms with van der Waals surface area (Å²) in [4.78, 5) is 0.228. The van der Waals surface area contributed by atoms with Crippen LogP contribution in [0.4, 0.5) is 0 Å². The van der Waals surface area contributed by atoms with Gasteiger partial charge in [0.25, 0.3) is 10.0 Å². The third-order valence-electron chi connectivity index (χ3n) is 2.48. The van der Waals surface area contributed by atoms with Crippen LogP contribution in [0.5, 0.6) is 0 Å². The first-order valence-electron chi connectivity index (χ1n) is 5.31. The van der Waals surface area contributed by atoms with Gasteiger partial charge in [0, 0.05) is 6.21 Å². The Bertz CT molecular complexity index is 593. The Labute approximate surface area is 101 Å². The fourth-order valence-corrected chi connectivity index (χ4v) is 2.34. The van der Waals surface area contributed by atoms with Crippen LogP contribution < -0.4 is 0 Å². The maximum absolute atomic E-state index is 11.9. The number of nitrogens with zero attached hydrogens (tertiary/aromatic N) is 1. The summed E-state index contributed by atoms with van der Waals surface area (Å²) in [5.74, 6) is 0. The Balaban J connectivity index is 2.22. The molecule has 0 unspecified atom stereocenters. The number of rotatable bonds is 3. The average molecular weight is 247 g/mol. The van der Waals surface area contributed by atoms with Gasteiger partial charge in [-0.1, -0.05) is 35.9 Å². The summed E-state index contributed by atoms with van der Waals surface area (Å²) >= 11 is 0. The second kappa shape index (κ2) is 4.67. The van der Waals surface area contributed by atoms with Gasteiger partial charge in [0.05, 0.1) is 4.90 Å². The highest BCUT2D eigenvalue weighted by atomic mass is 32.2. The second-order valence-corrected chi connectivity index (χ2v) is 5.53. The van der Waals surface area contributed by atoms with E-state index < -0.39 is 10.0 Å². The van der Waals surface area contributed by atoms with Gasteiger partial charge in [-0.25, -0.2) is 0 Å². The van der Waals surface area contributed by atoms with E-state index in [0.717, 1.165) is 17.6 Å². The van der Waals surface area contributed by atoms with E-state index in [1.54, 1.807) is 24.3 Å². The molecule has 88 valence electrons. The van der Waals surface area contributed by atoms with Crippen LogP contribution in [-0.4, -0.2) is 14.6 Å². The van der Waals surface area contributed by atoms with Gasteiger partial charge in [0.15, 0.2) is 0 Å². The molecule has 0 amide bonds. The summed E-state index contributed by atoms with van der Waals surface area (Å²) in [5, 5.41) is 0. The molecule has 3 nitrogen and oxygen atoms in total. The smallest absolute Gasteiger partial charge is 0.199 e. The Morgan fingerprint density at radius 1 is 1.24 bits per heavy atom. The summed E-state index contributed by atoms with van der Waals surface area (Å²) in [5.41, 5.74) is 1.93. The van der Waals surface area contributed by atoms with Crippen molar-refractivity contribution in [2.24, 2.45) is 4.40 Å². The summed E-state index contributed by atoms with van der Waals surface area (Å²) < 4.78 is 27.4. The van der Waals surface area contributed by atoms with Crippen LogP contribution >= 0.6 is 0 Å². The topological polar surface area (TPSA) is 46.5 Å². The van der Waals surface area contributed by atoms with Gasteiger partial charge in [0.1, 0.15) is 0 Å². The van der Waals surface area contributed by atoms with E-state index in [9.17, 15) is 8.42 Å². The lowest BCUT2D eigenvalue weighted by Crippen LogP contribution is -1.97. The molecule has 0 saturated carbocycles. The van der Waals surface area contributed by atoms with Gasteiger partial charge in [-0.05, 0) is 31.1 Å². The molecule has 0 N–H and O–H groups in total. The first kappa shape index (κ1) is 11.8. The Kier molecular flexibility index (Phi) is 3.24. The van der Waals surface area contributed by atoms with Crippen molar-refractivity contribution >= 4 is 16.2 Å². The molecule has 0 radical (unpaired) electrons. The predicted molar refractivity (Wildman–Crippen MR) is 68.7 cm³/mol. The SMILES string of the molecule is Cc1ccc(S(=O)(=O)/N=C/C2=CC=CC2)cc1. The van der Waals surface area contributed by atoms with Crippen LogP contribution in [0.3, 0.4) is 0 Å². The normalized spacial score (nSPS) is 15.5. The van der Waals surface area contributed by atoms with Crippen LogP contribution in [-0.2, 0) is 10.0 Å². The van der Waals surface area contributed by atoms with E-state index >= 15 is 0 Å². The lowest BCUT2D eigenvalue weighted by atomic mass is 10.2. The zero-order chi connectivity index (χ0) is 12.3. The fourth-order valence-electron chi connectivity index (χ4n) is 1.47. The minimum atomic E-state index is -3.56. The summed E-state index contributed by atoms with van der Waals surface area (Å²) in [7, 11) is -3.56. The first-order valence-corrected chi connectivity index (χ1v) is 6.75. The van der Waals surface area contributed by atoms with E-state index in [1.807, 2.05) is 25.2 Å². The van der Waals surface area contributed by atoms with Crippen molar-refractivity contribution in [3.8, 4) is 0 Å². The Morgan fingerprint density at radius 2 is 1.94 bits per heavy atom. The molecule has 1 aromatic carbocycles. The lowest BCUT2D eigenvalue weighted by Gasteiger charge is -1.99. The predicted octanol–water partition coefficient (Wildman–Crippen LogP) is 2.64. The highest BCUT2D eigenvalue weighted by Crippen LogP contribution is 2.14. The monoisotopic (exact) mass is 247 g/mol. The van der Waals surface area contributed by atoms with Crippen LogP contribution in [0.25, 0.3) is 0 Å². The van der Waals surface area contributed by atoms with Gasteiger partial charge in [-0.3, -0.25) is 0 Å². The van der Waals surface area contributed by atoms with Gasteiger partial charge in [-0.2, -0.15) is 12.8 Å². The zero-order valence-corrected chi connectivity index (χ0v) is 10.3. The highest BCUT2D eigenvalue weighted by molar-refractivity contribution is 7.90. The summed E-state index contributed by atoms with van der Waals surface area (Å²) in [6.07, 6.45) is 7.86. The van der Waals surface area contributed by atoms with Crippen molar-refractivity contribution < 1.29 is 8.42 Å². The molecular formula is C13H13NO2S. The molecule has 0 heterocycles. The molecule has 0 aliphatic heterocycles. The van der Waals surface area contributed by atoms with Gasteiger partial charge >= 0.3 is 0 Å². The molecule has 1 aliphatic carbocycles. The van der Waals surface area contributed by atoms with Crippen LogP contribution in [0, 0.1) is 6.92 Å². The molecule has 1 aliphatic rings.